The third-order valence-corrected chi connectivity index (χ3v) is 6.06. The van der Waals surface area contributed by atoms with Crippen molar-refractivity contribution >= 4 is 38.1 Å². The SMILES string of the molecule is O=C(COc1ccc(S(=O)(=O)Nc2ccc(F)cc2)cc1)Nc1cccc2ccccc12. The monoisotopic (exact) mass is 450 g/mol. The number of rotatable bonds is 7. The Bertz CT molecular complexity index is 1350. The molecular formula is C24H19FN2O4S. The molecule has 0 fully saturated rings. The van der Waals surface area contributed by atoms with Crippen molar-refractivity contribution in [3.8, 4) is 5.75 Å². The molecule has 162 valence electrons. The van der Waals surface area contributed by atoms with Crippen LogP contribution in [0.4, 0.5) is 15.8 Å². The summed E-state index contributed by atoms with van der Waals surface area (Å²) in [4.78, 5) is 12.3. The van der Waals surface area contributed by atoms with Crippen LogP contribution in [0.5, 0.6) is 5.75 Å². The third-order valence-electron chi connectivity index (χ3n) is 4.66. The molecule has 2 N–H and O–H groups in total. The lowest BCUT2D eigenvalue weighted by Gasteiger charge is -2.11. The minimum Gasteiger partial charge on any atom is -0.484 e. The maximum atomic E-state index is 13.0. The molecule has 0 atom stereocenters. The van der Waals surface area contributed by atoms with Gasteiger partial charge in [-0.1, -0.05) is 36.4 Å². The zero-order valence-electron chi connectivity index (χ0n) is 16.8. The minimum absolute atomic E-state index is 0.00869. The smallest absolute Gasteiger partial charge is 0.262 e. The van der Waals surface area contributed by atoms with Gasteiger partial charge in [0, 0.05) is 16.8 Å². The van der Waals surface area contributed by atoms with Crippen LogP contribution in [0.25, 0.3) is 10.8 Å². The number of carbonyl (C=O) groups is 1. The lowest BCUT2D eigenvalue weighted by molar-refractivity contribution is -0.118. The summed E-state index contributed by atoms with van der Waals surface area (Å²) in [6.07, 6.45) is 0. The predicted molar refractivity (Wildman–Crippen MR) is 122 cm³/mol. The number of anilines is 2. The predicted octanol–water partition coefficient (Wildman–Crippen LogP) is 4.80. The van der Waals surface area contributed by atoms with E-state index in [9.17, 15) is 17.6 Å². The second-order valence-corrected chi connectivity index (χ2v) is 8.63. The standard InChI is InChI=1S/C24H19FN2O4S/c25-18-8-10-19(11-9-18)27-32(29,30)21-14-12-20(13-15-21)31-16-24(28)26-23-7-3-5-17-4-1-2-6-22(17)23/h1-15,27H,16H2,(H,26,28). The van der Waals surface area contributed by atoms with Gasteiger partial charge < -0.3 is 10.1 Å². The molecule has 0 spiro atoms. The number of benzene rings is 4. The molecule has 8 heteroatoms. The lowest BCUT2D eigenvalue weighted by atomic mass is 10.1. The van der Waals surface area contributed by atoms with Gasteiger partial charge in [-0.25, -0.2) is 12.8 Å². The van der Waals surface area contributed by atoms with Crippen LogP contribution in [0.2, 0.25) is 0 Å². The minimum atomic E-state index is -3.84. The van der Waals surface area contributed by atoms with Crippen molar-refractivity contribution in [1.29, 1.82) is 0 Å². The molecule has 32 heavy (non-hydrogen) atoms. The van der Waals surface area contributed by atoms with Gasteiger partial charge in [0.15, 0.2) is 6.61 Å². The highest BCUT2D eigenvalue weighted by atomic mass is 32.2. The van der Waals surface area contributed by atoms with Crippen molar-refractivity contribution in [3.05, 3.63) is 96.8 Å². The van der Waals surface area contributed by atoms with Gasteiger partial charge >= 0.3 is 0 Å². The summed E-state index contributed by atoms with van der Waals surface area (Å²) in [6.45, 7) is -0.233. The molecule has 6 nitrogen and oxygen atoms in total. The van der Waals surface area contributed by atoms with Crippen LogP contribution < -0.4 is 14.8 Å². The normalized spacial score (nSPS) is 11.2. The molecule has 0 aromatic heterocycles. The average Bonchev–Trinajstić information content (AvgIpc) is 2.80. The highest BCUT2D eigenvalue weighted by molar-refractivity contribution is 7.92. The van der Waals surface area contributed by atoms with Gasteiger partial charge in [0.2, 0.25) is 0 Å². The second-order valence-electron chi connectivity index (χ2n) is 6.95. The van der Waals surface area contributed by atoms with Crippen LogP contribution in [-0.4, -0.2) is 20.9 Å². The fraction of sp³-hybridized carbons (Fsp3) is 0.0417. The number of fused-ring (bicyclic) bond motifs is 1. The van der Waals surface area contributed by atoms with Gasteiger partial charge in [-0.05, 0) is 60.0 Å². The van der Waals surface area contributed by atoms with E-state index >= 15 is 0 Å². The number of nitrogens with one attached hydrogen (secondary N) is 2. The third kappa shape index (κ3) is 5.04. The van der Waals surface area contributed by atoms with Gasteiger partial charge in [-0.3, -0.25) is 9.52 Å². The number of ether oxygens (including phenoxy) is 1. The van der Waals surface area contributed by atoms with Crippen molar-refractivity contribution < 1.29 is 22.3 Å². The first-order chi connectivity index (χ1) is 15.4. The van der Waals surface area contributed by atoms with E-state index in [1.165, 1.54) is 36.4 Å². The van der Waals surface area contributed by atoms with E-state index in [0.717, 1.165) is 22.9 Å². The van der Waals surface area contributed by atoms with Gasteiger partial charge in [0.25, 0.3) is 15.9 Å². The van der Waals surface area contributed by atoms with E-state index < -0.39 is 15.8 Å². The van der Waals surface area contributed by atoms with E-state index in [2.05, 4.69) is 10.0 Å². The van der Waals surface area contributed by atoms with Crippen LogP contribution in [0.1, 0.15) is 0 Å². The maximum Gasteiger partial charge on any atom is 0.262 e. The summed E-state index contributed by atoms with van der Waals surface area (Å²) in [5.74, 6) is -0.450. The number of sulfonamides is 1. The van der Waals surface area contributed by atoms with Crippen molar-refractivity contribution in [3.63, 3.8) is 0 Å². The number of halogens is 1. The Morgan fingerprint density at radius 1 is 0.844 bits per heavy atom. The molecule has 0 saturated heterocycles. The molecule has 0 unspecified atom stereocenters. The molecule has 0 saturated carbocycles. The Balaban J connectivity index is 1.37. The number of hydrogen-bond donors (Lipinski definition) is 2. The molecular weight excluding hydrogens is 431 g/mol. The lowest BCUT2D eigenvalue weighted by Crippen LogP contribution is -2.20. The fourth-order valence-electron chi connectivity index (χ4n) is 3.12. The molecule has 0 bridgehead atoms. The topological polar surface area (TPSA) is 84.5 Å². The summed E-state index contributed by atoms with van der Waals surface area (Å²) >= 11 is 0. The molecule has 0 aliphatic rings. The average molecular weight is 450 g/mol. The van der Waals surface area contributed by atoms with Crippen LogP contribution in [0, 0.1) is 5.82 Å². The van der Waals surface area contributed by atoms with Crippen molar-refractivity contribution in [2.24, 2.45) is 0 Å². The molecule has 1 amide bonds. The first-order valence-corrected chi connectivity index (χ1v) is 11.2. The van der Waals surface area contributed by atoms with Crippen LogP contribution in [0.3, 0.4) is 0 Å². The van der Waals surface area contributed by atoms with Crippen LogP contribution in [-0.2, 0) is 14.8 Å². The number of carbonyl (C=O) groups excluding carboxylic acids is 1. The number of amides is 1. The Morgan fingerprint density at radius 3 is 2.28 bits per heavy atom. The number of hydrogen-bond acceptors (Lipinski definition) is 4. The zero-order valence-corrected chi connectivity index (χ0v) is 17.6. The van der Waals surface area contributed by atoms with Crippen molar-refractivity contribution in [1.82, 2.24) is 0 Å². The Morgan fingerprint density at radius 2 is 1.53 bits per heavy atom. The summed E-state index contributed by atoms with van der Waals surface area (Å²) < 4.78 is 45.8. The highest BCUT2D eigenvalue weighted by Gasteiger charge is 2.14. The zero-order chi connectivity index (χ0) is 22.6. The van der Waals surface area contributed by atoms with Gasteiger partial charge in [0.05, 0.1) is 4.90 Å². The molecule has 4 aromatic carbocycles. The molecule has 0 radical (unpaired) electrons. The van der Waals surface area contributed by atoms with Gasteiger partial charge in [-0.15, -0.1) is 0 Å². The summed E-state index contributed by atoms with van der Waals surface area (Å²) in [5, 5.41) is 4.76. The van der Waals surface area contributed by atoms with Crippen LogP contribution in [0.15, 0.2) is 95.9 Å². The van der Waals surface area contributed by atoms with Gasteiger partial charge in [-0.2, -0.15) is 0 Å². The highest BCUT2D eigenvalue weighted by Crippen LogP contribution is 2.23. The van der Waals surface area contributed by atoms with Crippen molar-refractivity contribution in [2.45, 2.75) is 4.90 Å². The molecule has 0 aliphatic carbocycles. The maximum absolute atomic E-state index is 13.0. The Kier molecular flexibility index (Phi) is 6.04. The fourth-order valence-corrected chi connectivity index (χ4v) is 4.18. The molecule has 4 aromatic rings. The van der Waals surface area contributed by atoms with Crippen LogP contribution >= 0.6 is 0 Å². The summed E-state index contributed by atoms with van der Waals surface area (Å²) in [5.41, 5.74) is 0.932. The summed E-state index contributed by atoms with van der Waals surface area (Å²) in [7, 11) is -3.84. The van der Waals surface area contributed by atoms with E-state index in [1.807, 2.05) is 42.5 Å². The quantitative estimate of drug-likeness (QED) is 0.424. The van der Waals surface area contributed by atoms with E-state index in [4.69, 9.17) is 4.74 Å². The van der Waals surface area contributed by atoms with Crippen molar-refractivity contribution in [2.75, 3.05) is 16.6 Å². The largest absolute Gasteiger partial charge is 0.484 e. The Hall–Kier alpha value is -3.91. The molecule has 0 aliphatic heterocycles. The summed E-state index contributed by atoms with van der Waals surface area (Å²) in [6, 6.07) is 24.0. The first-order valence-electron chi connectivity index (χ1n) is 9.70. The van der Waals surface area contributed by atoms with E-state index in [1.54, 1.807) is 0 Å². The van der Waals surface area contributed by atoms with E-state index in [-0.39, 0.29) is 23.1 Å². The van der Waals surface area contributed by atoms with E-state index in [0.29, 0.717) is 11.4 Å². The molecule has 0 heterocycles. The second kappa shape index (κ2) is 9.07. The molecule has 4 rings (SSSR count). The van der Waals surface area contributed by atoms with Gasteiger partial charge in [0.1, 0.15) is 11.6 Å². The Labute approximate surface area is 184 Å². The first kappa shape index (κ1) is 21.3.